The van der Waals surface area contributed by atoms with Crippen LogP contribution in [-0.4, -0.2) is 17.7 Å². The average Bonchev–Trinajstić information content (AvgIpc) is 2.23. The number of aryl methyl sites for hydroxylation is 1. The van der Waals surface area contributed by atoms with Crippen molar-refractivity contribution in [3.63, 3.8) is 0 Å². The van der Waals surface area contributed by atoms with Gasteiger partial charge in [0, 0.05) is 10.9 Å². The monoisotopic (exact) mass is 312 g/mol. The quantitative estimate of drug-likeness (QED) is 0.872. The number of benzene rings is 1. The molecule has 0 saturated heterocycles. The molecule has 0 unspecified atom stereocenters. The molecule has 1 aliphatic rings. The molecule has 1 N–H and O–H groups in total. The van der Waals surface area contributed by atoms with E-state index in [-0.39, 0.29) is 6.42 Å². The highest BCUT2D eigenvalue weighted by Crippen LogP contribution is 2.28. The Morgan fingerprint density at radius 1 is 1.39 bits per heavy atom. The molecular weight excluding hydrogens is 296 g/mol. The average molecular weight is 313 g/mol. The van der Waals surface area contributed by atoms with E-state index in [1.807, 2.05) is 18.2 Å². The second kappa shape index (κ2) is 6.23. The zero-order valence-electron chi connectivity index (χ0n) is 10.2. The number of carboxylic acid groups (broad SMARTS) is 1. The van der Waals surface area contributed by atoms with Gasteiger partial charge in [-0.3, -0.25) is 4.79 Å². The summed E-state index contributed by atoms with van der Waals surface area (Å²) in [6.45, 7) is 0.773. The molecule has 0 aromatic heterocycles. The number of hydrogen-bond acceptors (Lipinski definition) is 2. The number of carboxylic acids is 1. The summed E-state index contributed by atoms with van der Waals surface area (Å²) in [5.74, 6) is 0.759. The van der Waals surface area contributed by atoms with Gasteiger partial charge in [0.15, 0.2) is 0 Å². The molecule has 1 fully saturated rings. The van der Waals surface area contributed by atoms with E-state index in [1.54, 1.807) is 0 Å². The van der Waals surface area contributed by atoms with Gasteiger partial charge < -0.3 is 9.84 Å². The van der Waals surface area contributed by atoms with Crippen LogP contribution in [0.4, 0.5) is 0 Å². The minimum Gasteiger partial charge on any atom is -0.493 e. The van der Waals surface area contributed by atoms with Crippen LogP contribution in [0.3, 0.4) is 0 Å². The van der Waals surface area contributed by atoms with Gasteiger partial charge in [-0.15, -0.1) is 0 Å². The summed E-state index contributed by atoms with van der Waals surface area (Å²) in [4.78, 5) is 10.6. The number of aliphatic carboxylic acids is 1. The first-order chi connectivity index (χ1) is 8.63. The highest BCUT2D eigenvalue weighted by molar-refractivity contribution is 9.10. The lowest BCUT2D eigenvalue weighted by Crippen LogP contribution is -2.19. The molecule has 0 amide bonds. The SMILES string of the molecule is O=C(O)CCc1cc(Br)cc(OCC2CCC2)c1. The fourth-order valence-electron chi connectivity index (χ4n) is 1.97. The predicted molar refractivity (Wildman–Crippen MR) is 72.9 cm³/mol. The van der Waals surface area contributed by atoms with E-state index in [0.717, 1.165) is 22.4 Å². The molecule has 1 aromatic carbocycles. The number of hydrogen-bond donors (Lipinski definition) is 1. The van der Waals surface area contributed by atoms with Crippen molar-refractivity contribution in [1.29, 1.82) is 0 Å². The zero-order chi connectivity index (χ0) is 13.0. The molecule has 0 atom stereocenters. The second-order valence-electron chi connectivity index (χ2n) is 4.80. The van der Waals surface area contributed by atoms with Crippen LogP contribution < -0.4 is 4.74 Å². The molecule has 0 spiro atoms. The highest BCUT2D eigenvalue weighted by atomic mass is 79.9. The second-order valence-corrected chi connectivity index (χ2v) is 5.71. The molecule has 2 rings (SSSR count). The molecule has 18 heavy (non-hydrogen) atoms. The lowest BCUT2D eigenvalue weighted by molar-refractivity contribution is -0.136. The summed E-state index contributed by atoms with van der Waals surface area (Å²) >= 11 is 3.43. The molecule has 0 bridgehead atoms. The van der Waals surface area contributed by atoms with Gasteiger partial charge in [0.25, 0.3) is 0 Å². The van der Waals surface area contributed by atoms with E-state index in [4.69, 9.17) is 9.84 Å². The molecule has 0 radical (unpaired) electrons. The van der Waals surface area contributed by atoms with Crippen LogP contribution in [0, 0.1) is 5.92 Å². The molecule has 0 aliphatic heterocycles. The fourth-order valence-corrected chi connectivity index (χ4v) is 2.49. The summed E-state index contributed by atoms with van der Waals surface area (Å²) in [5, 5.41) is 8.69. The van der Waals surface area contributed by atoms with Gasteiger partial charge in [0.2, 0.25) is 0 Å². The van der Waals surface area contributed by atoms with E-state index >= 15 is 0 Å². The van der Waals surface area contributed by atoms with E-state index < -0.39 is 5.97 Å². The molecule has 4 heteroatoms. The number of ether oxygens (including phenoxy) is 1. The minimum atomic E-state index is -0.771. The molecule has 3 nitrogen and oxygen atoms in total. The lowest BCUT2D eigenvalue weighted by Gasteiger charge is -2.25. The first kappa shape index (κ1) is 13.4. The van der Waals surface area contributed by atoms with Gasteiger partial charge in [-0.1, -0.05) is 22.4 Å². The Balaban J connectivity index is 1.93. The first-order valence-corrected chi connectivity index (χ1v) is 7.07. The Morgan fingerprint density at radius 2 is 2.17 bits per heavy atom. The van der Waals surface area contributed by atoms with Crippen LogP contribution in [0.15, 0.2) is 22.7 Å². The maximum atomic E-state index is 10.6. The molecule has 98 valence electrons. The Hall–Kier alpha value is -1.03. The lowest BCUT2D eigenvalue weighted by atomic mass is 9.86. The number of halogens is 1. The summed E-state index contributed by atoms with van der Waals surface area (Å²) in [6.07, 6.45) is 4.53. The van der Waals surface area contributed by atoms with Crippen LogP contribution in [0.25, 0.3) is 0 Å². The van der Waals surface area contributed by atoms with Crippen molar-refractivity contribution >= 4 is 21.9 Å². The Bertz CT molecular complexity index is 427. The van der Waals surface area contributed by atoms with E-state index in [1.165, 1.54) is 19.3 Å². The molecular formula is C14H17BrO3. The standard InChI is InChI=1S/C14H17BrO3/c15-12-6-11(4-5-14(16)17)7-13(8-12)18-9-10-2-1-3-10/h6-8,10H,1-5,9H2,(H,16,17). The Morgan fingerprint density at radius 3 is 2.78 bits per heavy atom. The van der Waals surface area contributed by atoms with E-state index in [0.29, 0.717) is 12.3 Å². The van der Waals surface area contributed by atoms with Crippen LogP contribution in [0.2, 0.25) is 0 Å². The van der Waals surface area contributed by atoms with E-state index in [9.17, 15) is 4.79 Å². The minimum absolute atomic E-state index is 0.151. The topological polar surface area (TPSA) is 46.5 Å². The van der Waals surface area contributed by atoms with Crippen LogP contribution in [-0.2, 0) is 11.2 Å². The highest BCUT2D eigenvalue weighted by Gasteiger charge is 2.18. The van der Waals surface area contributed by atoms with Gasteiger partial charge in [-0.05, 0) is 48.9 Å². The maximum absolute atomic E-state index is 10.6. The third-order valence-corrected chi connectivity index (χ3v) is 3.73. The van der Waals surface area contributed by atoms with Crippen molar-refractivity contribution in [2.24, 2.45) is 5.92 Å². The molecule has 1 aromatic rings. The molecule has 1 saturated carbocycles. The third-order valence-electron chi connectivity index (χ3n) is 3.27. The fraction of sp³-hybridized carbons (Fsp3) is 0.500. The normalized spacial score (nSPS) is 15.2. The molecule has 1 aliphatic carbocycles. The summed E-state index contributed by atoms with van der Waals surface area (Å²) in [6, 6.07) is 5.81. The third kappa shape index (κ3) is 4.02. The number of carbonyl (C=O) groups is 1. The Kier molecular flexibility index (Phi) is 4.64. The van der Waals surface area contributed by atoms with Gasteiger partial charge in [0.1, 0.15) is 5.75 Å². The van der Waals surface area contributed by atoms with Gasteiger partial charge in [-0.25, -0.2) is 0 Å². The van der Waals surface area contributed by atoms with Crippen molar-refractivity contribution in [1.82, 2.24) is 0 Å². The van der Waals surface area contributed by atoms with E-state index in [2.05, 4.69) is 15.9 Å². The van der Waals surface area contributed by atoms with Crippen LogP contribution in [0.1, 0.15) is 31.2 Å². The van der Waals surface area contributed by atoms with Crippen molar-refractivity contribution in [2.75, 3.05) is 6.61 Å². The van der Waals surface area contributed by atoms with Crippen LogP contribution in [0.5, 0.6) is 5.75 Å². The molecule has 0 heterocycles. The van der Waals surface area contributed by atoms with Crippen LogP contribution >= 0.6 is 15.9 Å². The van der Waals surface area contributed by atoms with Gasteiger partial charge in [0.05, 0.1) is 6.61 Å². The van der Waals surface area contributed by atoms with Gasteiger partial charge >= 0.3 is 5.97 Å². The van der Waals surface area contributed by atoms with Crippen molar-refractivity contribution in [3.05, 3.63) is 28.2 Å². The summed E-state index contributed by atoms with van der Waals surface area (Å²) in [7, 11) is 0. The number of rotatable bonds is 6. The first-order valence-electron chi connectivity index (χ1n) is 6.27. The summed E-state index contributed by atoms with van der Waals surface area (Å²) in [5.41, 5.74) is 0.996. The van der Waals surface area contributed by atoms with Crippen molar-refractivity contribution in [3.8, 4) is 5.75 Å². The van der Waals surface area contributed by atoms with Crippen molar-refractivity contribution in [2.45, 2.75) is 32.1 Å². The summed E-state index contributed by atoms with van der Waals surface area (Å²) < 4.78 is 6.70. The maximum Gasteiger partial charge on any atom is 0.303 e. The zero-order valence-corrected chi connectivity index (χ0v) is 11.8. The van der Waals surface area contributed by atoms with Gasteiger partial charge in [-0.2, -0.15) is 0 Å². The predicted octanol–water partition coefficient (Wildman–Crippen LogP) is 3.65. The Labute approximate surface area is 115 Å². The smallest absolute Gasteiger partial charge is 0.303 e. The van der Waals surface area contributed by atoms with Crippen molar-refractivity contribution < 1.29 is 14.6 Å². The largest absolute Gasteiger partial charge is 0.493 e.